The fourth-order valence-corrected chi connectivity index (χ4v) is 1.05. The lowest BCUT2D eigenvalue weighted by Crippen LogP contribution is -1.86. The van der Waals surface area contributed by atoms with Crippen LogP contribution in [0.1, 0.15) is 15.9 Å². The number of benzene rings is 1. The number of aromatic hydroxyl groups is 2. The molecule has 12 heavy (non-hydrogen) atoms. The second-order valence-electron chi connectivity index (χ2n) is 2.41. The van der Waals surface area contributed by atoms with Gasteiger partial charge in [0.05, 0.1) is 10.6 Å². The summed E-state index contributed by atoms with van der Waals surface area (Å²) in [5.74, 6) is -0.631. The van der Waals surface area contributed by atoms with Gasteiger partial charge in [-0.1, -0.05) is 11.6 Å². The maximum absolute atomic E-state index is 10.3. The number of hydrogen-bond donors (Lipinski definition) is 2. The van der Waals surface area contributed by atoms with Gasteiger partial charge in [0, 0.05) is 0 Å². The zero-order valence-electron chi connectivity index (χ0n) is 6.34. The number of aldehydes is 1. The molecule has 0 fully saturated rings. The fraction of sp³-hybridized carbons (Fsp3) is 0.125. The molecule has 0 aliphatic heterocycles. The highest BCUT2D eigenvalue weighted by Crippen LogP contribution is 2.35. The van der Waals surface area contributed by atoms with Crippen LogP contribution in [0.25, 0.3) is 0 Å². The monoisotopic (exact) mass is 186 g/mol. The van der Waals surface area contributed by atoms with Crippen molar-refractivity contribution in [2.45, 2.75) is 6.92 Å². The molecule has 1 rings (SSSR count). The van der Waals surface area contributed by atoms with Crippen LogP contribution < -0.4 is 0 Å². The Hall–Kier alpha value is -1.22. The summed E-state index contributed by atoms with van der Waals surface area (Å²) >= 11 is 5.61. The third-order valence-corrected chi connectivity index (χ3v) is 2.03. The van der Waals surface area contributed by atoms with E-state index < -0.39 is 0 Å². The molecule has 64 valence electrons. The van der Waals surface area contributed by atoms with E-state index in [0.29, 0.717) is 11.8 Å². The Labute approximate surface area is 74.2 Å². The number of phenolic OH excluding ortho intramolecular Hbond substituents is 2. The van der Waals surface area contributed by atoms with E-state index in [1.165, 1.54) is 6.07 Å². The standard InChI is InChI=1S/C8H7ClO3/c1-4-2-6(11)5(3-10)8(12)7(4)9/h2-3,11-12H,1H3. The molecule has 2 N–H and O–H groups in total. The lowest BCUT2D eigenvalue weighted by Gasteiger charge is -2.05. The normalized spacial score (nSPS) is 9.83. The average molecular weight is 187 g/mol. The summed E-state index contributed by atoms with van der Waals surface area (Å²) in [6.45, 7) is 1.62. The van der Waals surface area contributed by atoms with Gasteiger partial charge in [0.15, 0.2) is 6.29 Å². The van der Waals surface area contributed by atoms with Crippen molar-refractivity contribution in [1.82, 2.24) is 0 Å². The van der Waals surface area contributed by atoms with Crippen molar-refractivity contribution in [1.29, 1.82) is 0 Å². The van der Waals surface area contributed by atoms with E-state index in [9.17, 15) is 9.90 Å². The molecule has 4 heteroatoms. The molecule has 0 aromatic heterocycles. The molecule has 0 unspecified atom stereocenters. The van der Waals surface area contributed by atoms with E-state index in [1.807, 2.05) is 0 Å². The Kier molecular flexibility index (Phi) is 2.24. The zero-order chi connectivity index (χ0) is 9.30. The minimum absolute atomic E-state index is 0.0925. The minimum Gasteiger partial charge on any atom is -0.507 e. The van der Waals surface area contributed by atoms with Gasteiger partial charge in [-0.05, 0) is 18.6 Å². The molecule has 0 saturated carbocycles. The highest BCUT2D eigenvalue weighted by Gasteiger charge is 2.12. The number of halogens is 1. The summed E-state index contributed by atoms with van der Waals surface area (Å²) in [6, 6.07) is 1.33. The first-order valence-electron chi connectivity index (χ1n) is 3.24. The van der Waals surface area contributed by atoms with Crippen molar-refractivity contribution in [2.24, 2.45) is 0 Å². The smallest absolute Gasteiger partial charge is 0.157 e. The zero-order valence-corrected chi connectivity index (χ0v) is 7.09. The molecule has 0 aliphatic rings. The van der Waals surface area contributed by atoms with Gasteiger partial charge < -0.3 is 10.2 Å². The van der Waals surface area contributed by atoms with Crippen molar-refractivity contribution in [3.05, 3.63) is 22.2 Å². The van der Waals surface area contributed by atoms with Crippen LogP contribution >= 0.6 is 11.6 Å². The second-order valence-corrected chi connectivity index (χ2v) is 2.78. The van der Waals surface area contributed by atoms with Gasteiger partial charge >= 0.3 is 0 Å². The summed E-state index contributed by atoms with van der Waals surface area (Å²) in [6.07, 6.45) is 0.357. The number of carbonyl (C=O) groups is 1. The Morgan fingerprint density at radius 2 is 2.08 bits per heavy atom. The van der Waals surface area contributed by atoms with E-state index in [1.54, 1.807) is 6.92 Å². The Balaban J connectivity index is 3.51. The Bertz CT molecular complexity index is 334. The van der Waals surface area contributed by atoms with Crippen molar-refractivity contribution in [3.8, 4) is 11.5 Å². The number of carbonyl (C=O) groups excluding carboxylic acids is 1. The van der Waals surface area contributed by atoms with Crippen LogP contribution in [-0.4, -0.2) is 16.5 Å². The molecule has 0 spiro atoms. The van der Waals surface area contributed by atoms with E-state index in [4.69, 9.17) is 16.7 Å². The van der Waals surface area contributed by atoms with Crippen LogP contribution in [-0.2, 0) is 0 Å². The maximum atomic E-state index is 10.3. The number of phenols is 2. The highest BCUT2D eigenvalue weighted by atomic mass is 35.5. The number of hydrogen-bond acceptors (Lipinski definition) is 3. The summed E-state index contributed by atoms with van der Waals surface area (Å²) in [5.41, 5.74) is 0.350. The second kappa shape index (κ2) is 3.03. The highest BCUT2D eigenvalue weighted by molar-refractivity contribution is 6.33. The summed E-state index contributed by atoms with van der Waals surface area (Å²) in [4.78, 5) is 10.3. The SMILES string of the molecule is Cc1cc(O)c(C=O)c(O)c1Cl. The predicted octanol–water partition coefficient (Wildman–Crippen LogP) is 1.87. The van der Waals surface area contributed by atoms with Crippen molar-refractivity contribution >= 4 is 17.9 Å². The van der Waals surface area contributed by atoms with Crippen LogP contribution in [0.3, 0.4) is 0 Å². The quantitative estimate of drug-likeness (QED) is 0.659. The molecule has 3 nitrogen and oxygen atoms in total. The molecule has 0 heterocycles. The van der Waals surface area contributed by atoms with Crippen molar-refractivity contribution < 1.29 is 15.0 Å². The van der Waals surface area contributed by atoms with Crippen LogP contribution in [0.4, 0.5) is 0 Å². The molecule has 0 saturated heterocycles. The van der Waals surface area contributed by atoms with E-state index in [2.05, 4.69) is 0 Å². The van der Waals surface area contributed by atoms with Crippen LogP contribution in [0.2, 0.25) is 5.02 Å². The van der Waals surface area contributed by atoms with Crippen LogP contribution in [0.5, 0.6) is 11.5 Å². The van der Waals surface area contributed by atoms with Gasteiger partial charge in [0.25, 0.3) is 0 Å². The third kappa shape index (κ3) is 1.23. The van der Waals surface area contributed by atoms with Crippen molar-refractivity contribution in [3.63, 3.8) is 0 Å². The van der Waals surface area contributed by atoms with Gasteiger partial charge in [-0.25, -0.2) is 0 Å². The lowest BCUT2D eigenvalue weighted by molar-refractivity contribution is 0.111. The van der Waals surface area contributed by atoms with Crippen LogP contribution in [0, 0.1) is 6.92 Å². The topological polar surface area (TPSA) is 57.5 Å². The molecule has 1 aromatic rings. The molecular weight excluding hydrogens is 180 g/mol. The van der Waals surface area contributed by atoms with E-state index >= 15 is 0 Å². The third-order valence-electron chi connectivity index (χ3n) is 1.56. The lowest BCUT2D eigenvalue weighted by atomic mass is 10.1. The first-order chi connectivity index (χ1) is 5.57. The molecule has 0 radical (unpaired) electrons. The van der Waals surface area contributed by atoms with Gasteiger partial charge in [-0.2, -0.15) is 0 Å². The molecule has 0 atom stereocenters. The molecule has 0 bridgehead atoms. The Morgan fingerprint density at radius 1 is 1.50 bits per heavy atom. The molecular formula is C8H7ClO3. The maximum Gasteiger partial charge on any atom is 0.157 e. The summed E-state index contributed by atoms with van der Waals surface area (Å²) < 4.78 is 0. The van der Waals surface area contributed by atoms with Gasteiger partial charge in [-0.15, -0.1) is 0 Å². The minimum atomic E-state index is -0.371. The number of aryl methyl sites for hydroxylation is 1. The van der Waals surface area contributed by atoms with E-state index in [0.717, 1.165) is 0 Å². The van der Waals surface area contributed by atoms with Crippen molar-refractivity contribution in [2.75, 3.05) is 0 Å². The molecule has 1 aromatic carbocycles. The average Bonchev–Trinajstić information content (AvgIpc) is 2.01. The Morgan fingerprint density at radius 3 is 2.58 bits per heavy atom. The van der Waals surface area contributed by atoms with Gasteiger partial charge in [0.2, 0.25) is 0 Å². The van der Waals surface area contributed by atoms with Gasteiger partial charge in [-0.3, -0.25) is 4.79 Å². The molecule has 0 amide bonds. The van der Waals surface area contributed by atoms with Crippen LogP contribution in [0.15, 0.2) is 6.07 Å². The molecule has 0 aliphatic carbocycles. The first-order valence-corrected chi connectivity index (χ1v) is 3.62. The summed E-state index contributed by atoms with van der Waals surface area (Å²) in [7, 11) is 0. The fourth-order valence-electron chi connectivity index (χ4n) is 0.889. The largest absolute Gasteiger partial charge is 0.507 e. The first kappa shape index (κ1) is 8.87. The predicted molar refractivity (Wildman–Crippen MR) is 44.9 cm³/mol. The van der Waals surface area contributed by atoms with E-state index in [-0.39, 0.29) is 22.1 Å². The summed E-state index contributed by atoms with van der Waals surface area (Å²) in [5, 5.41) is 18.5. The van der Waals surface area contributed by atoms with Gasteiger partial charge in [0.1, 0.15) is 11.5 Å². The number of rotatable bonds is 1.